The summed E-state index contributed by atoms with van der Waals surface area (Å²) in [6.45, 7) is 3.98. The number of ether oxygens (including phenoxy) is 1. The summed E-state index contributed by atoms with van der Waals surface area (Å²) in [4.78, 5) is 101. The highest BCUT2D eigenvalue weighted by Crippen LogP contribution is 2.28. The summed E-state index contributed by atoms with van der Waals surface area (Å²) in [5.41, 5.74) is 11.2. The number of aryl methyl sites for hydroxylation is 1. The monoisotopic (exact) mass is 832 g/mol. The molecular formula is C41H44N12O8. The molecular weight excluding hydrogens is 789 g/mol. The third-order valence-electron chi connectivity index (χ3n) is 9.61. The minimum Gasteiger partial charge on any atom is -0.494 e. The highest BCUT2D eigenvalue weighted by molar-refractivity contribution is 6.11. The lowest BCUT2D eigenvalue weighted by atomic mass is 10.0. The number of carbonyl (C=O) groups excluding carboxylic acids is 4. The van der Waals surface area contributed by atoms with Crippen molar-refractivity contribution in [3.8, 4) is 0 Å². The SMILES string of the molecule is COC1=CC(c2ccc[nH]2)=N/C1=C\c1[nH]c(C)c(C(=O)CCC(=O)NCCNC(=O)CC[C@H](NC(=O)c2ccc(NCc3cnc4nc(N)[nH]c(=O)c4n3)cc2)C(=O)O)c1C. The van der Waals surface area contributed by atoms with Gasteiger partial charge in [0.1, 0.15) is 17.5 Å². The molecule has 20 nitrogen and oxygen atoms in total. The minimum atomic E-state index is -1.34. The van der Waals surface area contributed by atoms with Gasteiger partial charge < -0.3 is 46.8 Å². The maximum Gasteiger partial charge on any atom is 0.326 e. The molecule has 0 saturated heterocycles. The second-order valence-electron chi connectivity index (χ2n) is 13.9. The van der Waals surface area contributed by atoms with Gasteiger partial charge in [-0.25, -0.2) is 19.8 Å². The van der Waals surface area contributed by atoms with Gasteiger partial charge in [-0.05, 0) is 68.3 Å². The van der Waals surface area contributed by atoms with E-state index in [2.05, 4.69) is 56.2 Å². The average Bonchev–Trinajstić information content (AvgIpc) is 3.99. The molecule has 1 aliphatic rings. The zero-order valence-electron chi connectivity index (χ0n) is 33.5. The predicted octanol–water partition coefficient (Wildman–Crippen LogP) is 2.41. The number of aromatic amines is 3. The van der Waals surface area contributed by atoms with Crippen LogP contribution >= 0.6 is 0 Å². The van der Waals surface area contributed by atoms with Crippen LogP contribution in [-0.2, 0) is 25.7 Å². The molecule has 0 aliphatic carbocycles. The van der Waals surface area contributed by atoms with Crippen LogP contribution in [0.5, 0.6) is 0 Å². The summed E-state index contributed by atoms with van der Waals surface area (Å²) in [6, 6.07) is 8.66. The number of benzene rings is 1. The van der Waals surface area contributed by atoms with Crippen LogP contribution in [0.1, 0.15) is 74.7 Å². The molecule has 1 aromatic carbocycles. The van der Waals surface area contributed by atoms with Gasteiger partial charge >= 0.3 is 5.97 Å². The second kappa shape index (κ2) is 19.2. The van der Waals surface area contributed by atoms with Gasteiger partial charge in [0.2, 0.25) is 17.8 Å². The molecule has 3 amide bonds. The fraction of sp³-hybridized carbons (Fsp3) is 0.268. The van der Waals surface area contributed by atoms with Gasteiger partial charge in [0.05, 0.1) is 37.0 Å². The van der Waals surface area contributed by atoms with Crippen molar-refractivity contribution in [1.29, 1.82) is 0 Å². The van der Waals surface area contributed by atoms with E-state index in [9.17, 15) is 33.9 Å². The van der Waals surface area contributed by atoms with Crippen LogP contribution in [0.4, 0.5) is 11.6 Å². The molecule has 5 aromatic rings. The van der Waals surface area contributed by atoms with Crippen LogP contribution in [0.2, 0.25) is 0 Å². The molecule has 0 fully saturated rings. The van der Waals surface area contributed by atoms with Crippen LogP contribution in [0.3, 0.4) is 0 Å². The zero-order chi connectivity index (χ0) is 43.6. The number of carbonyl (C=O) groups is 5. The molecule has 0 bridgehead atoms. The molecule has 4 aromatic heterocycles. The first-order chi connectivity index (χ1) is 29.3. The maximum absolute atomic E-state index is 13.2. The molecule has 1 atom stereocenters. The Morgan fingerprint density at radius 3 is 2.39 bits per heavy atom. The number of fused-ring (bicyclic) bond motifs is 1. The third kappa shape index (κ3) is 10.8. The Labute approximate surface area is 347 Å². The van der Waals surface area contributed by atoms with Crippen LogP contribution < -0.4 is 32.6 Å². The highest BCUT2D eigenvalue weighted by atomic mass is 16.5. The Morgan fingerprint density at radius 2 is 1.70 bits per heavy atom. The molecule has 61 heavy (non-hydrogen) atoms. The molecule has 20 heteroatoms. The fourth-order valence-electron chi connectivity index (χ4n) is 6.48. The van der Waals surface area contributed by atoms with Crippen molar-refractivity contribution < 1.29 is 33.8 Å². The Kier molecular flexibility index (Phi) is 13.5. The van der Waals surface area contributed by atoms with Gasteiger partial charge in [0.15, 0.2) is 16.9 Å². The molecule has 10 N–H and O–H groups in total. The van der Waals surface area contributed by atoms with E-state index in [-0.39, 0.29) is 79.7 Å². The Hall–Kier alpha value is -7.90. The second-order valence-corrected chi connectivity index (χ2v) is 13.9. The number of carboxylic acids is 1. The number of carboxylic acid groups (broad SMARTS) is 1. The van der Waals surface area contributed by atoms with Gasteiger partial charge in [-0.15, -0.1) is 0 Å². The normalized spacial score (nSPS) is 13.3. The van der Waals surface area contributed by atoms with Crippen LogP contribution in [-0.4, -0.2) is 96.4 Å². The number of H-pyrrole nitrogens is 3. The predicted molar refractivity (Wildman–Crippen MR) is 225 cm³/mol. The number of anilines is 2. The van der Waals surface area contributed by atoms with Crippen molar-refractivity contribution >= 4 is 64.1 Å². The van der Waals surface area contributed by atoms with E-state index >= 15 is 0 Å². The summed E-state index contributed by atoms with van der Waals surface area (Å²) in [6.07, 6.45) is 6.43. The van der Waals surface area contributed by atoms with E-state index < -0.39 is 29.4 Å². The number of methoxy groups -OCH3 is 1. The first-order valence-corrected chi connectivity index (χ1v) is 19.1. The summed E-state index contributed by atoms with van der Waals surface area (Å²) < 4.78 is 5.52. The topological polar surface area (TPSA) is 304 Å². The zero-order valence-corrected chi connectivity index (χ0v) is 33.5. The number of aliphatic carboxylic acids is 1. The number of hydrogen-bond acceptors (Lipinski definition) is 13. The highest BCUT2D eigenvalue weighted by Gasteiger charge is 2.23. The largest absolute Gasteiger partial charge is 0.494 e. The van der Waals surface area contributed by atoms with Gasteiger partial charge in [-0.1, -0.05) is 0 Å². The van der Waals surface area contributed by atoms with Crippen molar-refractivity contribution in [2.24, 2.45) is 4.99 Å². The van der Waals surface area contributed by atoms with E-state index in [1.165, 1.54) is 18.3 Å². The van der Waals surface area contributed by atoms with Crippen LogP contribution in [0.15, 0.2) is 76.1 Å². The van der Waals surface area contributed by atoms with E-state index in [0.717, 1.165) is 17.0 Å². The van der Waals surface area contributed by atoms with E-state index in [0.29, 0.717) is 39.8 Å². The van der Waals surface area contributed by atoms with Crippen LogP contribution in [0.25, 0.3) is 17.2 Å². The third-order valence-corrected chi connectivity index (χ3v) is 9.61. The van der Waals surface area contributed by atoms with Crippen molar-refractivity contribution in [2.45, 2.75) is 52.1 Å². The summed E-state index contributed by atoms with van der Waals surface area (Å²) in [7, 11) is 1.56. The standard InChI is InChI=1S/C41H44N12O8/c1-21-28(17-30-32(61-3)18-29(50-30)26-5-4-14-43-26)48-22(2)35(21)31(54)11-13-34(56)45-16-15-44-33(55)12-10-27(40(59)60)51-38(57)23-6-8-24(9-7-23)46-19-25-20-47-37-36(49-25)39(58)53-41(42)52-37/h4-9,14,17-18,20,27,43,46,48H,10-13,15-16,19H2,1-3H3,(H,44,55)(H,45,56)(H,51,57)(H,59,60)(H3,42,47,52,53,58)/b30-17-/t27-/m0/s1. The number of nitrogens with one attached hydrogen (secondary N) is 7. The fourth-order valence-corrected chi connectivity index (χ4v) is 6.48. The first kappa shape index (κ1) is 42.7. The van der Waals surface area contributed by atoms with E-state index in [1.54, 1.807) is 26.2 Å². The molecule has 0 saturated carbocycles. The summed E-state index contributed by atoms with van der Waals surface area (Å²) in [5.74, 6) is -2.49. The number of hydrogen-bond donors (Lipinski definition) is 9. The Morgan fingerprint density at radius 1 is 0.967 bits per heavy atom. The smallest absolute Gasteiger partial charge is 0.326 e. The van der Waals surface area contributed by atoms with E-state index in [1.807, 2.05) is 37.4 Å². The average molecular weight is 833 g/mol. The molecule has 5 heterocycles. The maximum atomic E-state index is 13.2. The molecule has 0 spiro atoms. The number of allylic oxidation sites excluding steroid dienone is 1. The Balaban J connectivity index is 0.894. The van der Waals surface area contributed by atoms with Crippen LogP contribution in [0, 0.1) is 13.8 Å². The molecule has 0 unspecified atom stereocenters. The number of nitrogens with two attached hydrogens (primary N) is 1. The van der Waals surface area contributed by atoms with E-state index in [4.69, 9.17) is 10.5 Å². The number of nitrogens with zero attached hydrogens (tertiary/aromatic N) is 4. The lowest BCUT2D eigenvalue weighted by Gasteiger charge is -2.15. The van der Waals surface area contributed by atoms with Crippen molar-refractivity contribution in [3.63, 3.8) is 0 Å². The van der Waals surface area contributed by atoms with Gasteiger partial charge in [0.25, 0.3) is 11.5 Å². The lowest BCUT2D eigenvalue weighted by molar-refractivity contribution is -0.139. The summed E-state index contributed by atoms with van der Waals surface area (Å²) >= 11 is 0. The number of nitrogen functional groups attached to an aromatic ring is 1. The number of rotatable bonds is 19. The molecule has 6 rings (SSSR count). The van der Waals surface area contributed by atoms with Crippen molar-refractivity contribution in [2.75, 3.05) is 31.2 Å². The number of amides is 3. The molecule has 316 valence electrons. The number of ketones is 1. The quantitative estimate of drug-likeness (QED) is 0.0427. The number of aromatic nitrogens is 6. The molecule has 0 radical (unpaired) electrons. The number of aliphatic imine (C=N–C) groups is 1. The molecule has 1 aliphatic heterocycles. The van der Waals surface area contributed by atoms with Gasteiger partial charge in [-0.2, -0.15) is 4.98 Å². The van der Waals surface area contributed by atoms with Crippen molar-refractivity contribution in [3.05, 3.63) is 116 Å². The Bertz CT molecular complexity index is 2620. The number of Topliss-reactive ketones (excluding diaryl/α,β-unsaturated/α-hetero) is 1. The minimum absolute atomic E-state index is 0.0314. The lowest BCUT2D eigenvalue weighted by Crippen LogP contribution is -2.42. The van der Waals surface area contributed by atoms with Crippen molar-refractivity contribution in [1.82, 2.24) is 45.9 Å². The van der Waals surface area contributed by atoms with Gasteiger partial charge in [0, 0.05) is 72.8 Å². The summed E-state index contributed by atoms with van der Waals surface area (Å²) in [5, 5.41) is 20.5. The first-order valence-electron chi connectivity index (χ1n) is 19.1. The van der Waals surface area contributed by atoms with Gasteiger partial charge in [-0.3, -0.25) is 29.0 Å².